The molecule has 1 N–H and O–H groups in total. The summed E-state index contributed by atoms with van der Waals surface area (Å²) >= 11 is 0. The normalized spacial score (nSPS) is 12.6. The minimum Gasteiger partial charge on any atom is -0.389 e. The molecule has 0 fully saturated rings. The summed E-state index contributed by atoms with van der Waals surface area (Å²) in [5.41, 5.74) is 3.11. The molecular weight excluding hydrogens is 276 g/mol. The monoisotopic (exact) mass is 296 g/mol. The molecule has 4 nitrogen and oxygen atoms in total. The van der Waals surface area contributed by atoms with Crippen molar-refractivity contribution in [2.75, 3.05) is 6.61 Å². The Bertz CT molecular complexity index is 737. The summed E-state index contributed by atoms with van der Waals surface area (Å²) in [4.78, 5) is 4.51. The van der Waals surface area contributed by atoms with E-state index >= 15 is 0 Å². The lowest BCUT2D eigenvalue weighted by atomic mass is 10.2. The number of aliphatic hydroxyl groups is 1. The summed E-state index contributed by atoms with van der Waals surface area (Å²) < 4.78 is 7.63. The second kappa shape index (κ2) is 6.73. The zero-order valence-electron chi connectivity index (χ0n) is 12.6. The van der Waals surface area contributed by atoms with Gasteiger partial charge in [-0.25, -0.2) is 4.98 Å². The molecule has 0 saturated carbocycles. The van der Waals surface area contributed by atoms with Gasteiger partial charge in [0.2, 0.25) is 0 Å². The molecule has 0 saturated heterocycles. The molecule has 2 aromatic carbocycles. The molecule has 1 aromatic heterocycles. The summed E-state index contributed by atoms with van der Waals surface area (Å²) in [7, 11) is 0. The number of hydrogen-bond donors (Lipinski definition) is 1. The van der Waals surface area contributed by atoms with Gasteiger partial charge in [0.15, 0.2) is 0 Å². The topological polar surface area (TPSA) is 47.3 Å². The van der Waals surface area contributed by atoms with Crippen molar-refractivity contribution < 1.29 is 9.84 Å². The number of rotatable bonds is 6. The lowest BCUT2D eigenvalue weighted by molar-refractivity contribution is 0.0206. The Balaban J connectivity index is 1.59. The number of para-hydroxylation sites is 2. The molecule has 1 atom stereocenters. The minimum atomic E-state index is -0.556. The maximum Gasteiger partial charge on any atom is 0.106 e. The van der Waals surface area contributed by atoms with E-state index in [-0.39, 0.29) is 0 Å². The van der Waals surface area contributed by atoms with Crippen molar-refractivity contribution in [2.24, 2.45) is 0 Å². The van der Waals surface area contributed by atoms with E-state index in [0.29, 0.717) is 19.8 Å². The molecule has 3 aromatic rings. The van der Waals surface area contributed by atoms with Crippen molar-refractivity contribution in [1.82, 2.24) is 9.55 Å². The van der Waals surface area contributed by atoms with Crippen molar-refractivity contribution in [1.29, 1.82) is 0 Å². The summed E-state index contributed by atoms with van der Waals surface area (Å²) in [6, 6.07) is 17.9. The highest BCUT2D eigenvalue weighted by atomic mass is 16.5. The van der Waals surface area contributed by atoms with Crippen LogP contribution in [0, 0.1) is 6.92 Å². The van der Waals surface area contributed by atoms with Crippen molar-refractivity contribution >= 4 is 11.0 Å². The molecule has 22 heavy (non-hydrogen) atoms. The first-order valence-electron chi connectivity index (χ1n) is 7.45. The minimum absolute atomic E-state index is 0.306. The molecular formula is C18H20N2O2. The van der Waals surface area contributed by atoms with Gasteiger partial charge in [0.25, 0.3) is 0 Å². The summed E-state index contributed by atoms with van der Waals surface area (Å²) in [6.07, 6.45) is -0.556. The van der Waals surface area contributed by atoms with Gasteiger partial charge in [-0.05, 0) is 24.6 Å². The molecule has 1 heterocycles. The Labute approximate surface area is 130 Å². The van der Waals surface area contributed by atoms with E-state index in [2.05, 4.69) is 4.98 Å². The summed E-state index contributed by atoms with van der Waals surface area (Å²) in [6.45, 7) is 3.26. The lowest BCUT2D eigenvalue weighted by Crippen LogP contribution is -2.22. The molecule has 0 radical (unpaired) electrons. The van der Waals surface area contributed by atoms with Gasteiger partial charge < -0.3 is 14.4 Å². The number of aryl methyl sites for hydroxylation is 1. The summed E-state index contributed by atoms with van der Waals surface area (Å²) in [5.74, 6) is 0.906. The number of aliphatic hydroxyl groups excluding tert-OH is 1. The third-order valence-corrected chi connectivity index (χ3v) is 3.66. The van der Waals surface area contributed by atoms with Crippen LogP contribution in [0.15, 0.2) is 54.6 Å². The standard InChI is InChI=1S/C18H20N2O2/c1-14-19-17-9-5-6-10-18(17)20(14)11-16(21)13-22-12-15-7-3-2-4-8-15/h2-10,16,21H,11-13H2,1H3/t16-/m0/s1. The van der Waals surface area contributed by atoms with E-state index < -0.39 is 6.10 Å². The number of ether oxygens (including phenoxy) is 1. The Morgan fingerprint density at radius 2 is 1.82 bits per heavy atom. The third kappa shape index (κ3) is 3.35. The molecule has 0 amide bonds. The maximum atomic E-state index is 10.2. The number of imidazole rings is 1. The molecule has 4 heteroatoms. The smallest absolute Gasteiger partial charge is 0.106 e. The Kier molecular flexibility index (Phi) is 4.51. The van der Waals surface area contributed by atoms with Crippen LogP contribution in [0.3, 0.4) is 0 Å². The van der Waals surface area contributed by atoms with Crippen LogP contribution in [-0.2, 0) is 17.9 Å². The fourth-order valence-electron chi connectivity index (χ4n) is 2.58. The molecule has 0 unspecified atom stereocenters. The average molecular weight is 296 g/mol. The lowest BCUT2D eigenvalue weighted by Gasteiger charge is -2.14. The molecule has 0 spiro atoms. The highest BCUT2D eigenvalue weighted by molar-refractivity contribution is 5.75. The molecule has 3 rings (SSSR count). The van der Waals surface area contributed by atoms with Gasteiger partial charge in [-0.3, -0.25) is 0 Å². The first-order valence-corrected chi connectivity index (χ1v) is 7.45. The molecule has 0 bridgehead atoms. The van der Waals surface area contributed by atoms with Gasteiger partial charge in [-0.1, -0.05) is 42.5 Å². The molecule has 0 aliphatic carbocycles. The van der Waals surface area contributed by atoms with Crippen LogP contribution in [0.4, 0.5) is 0 Å². The van der Waals surface area contributed by atoms with Crippen molar-refractivity contribution in [3.05, 3.63) is 66.0 Å². The summed E-state index contributed by atoms with van der Waals surface area (Å²) in [5, 5.41) is 10.2. The first-order chi connectivity index (χ1) is 10.7. The zero-order chi connectivity index (χ0) is 15.4. The van der Waals surface area contributed by atoms with Crippen molar-refractivity contribution in [2.45, 2.75) is 26.2 Å². The quantitative estimate of drug-likeness (QED) is 0.761. The first kappa shape index (κ1) is 14.8. The van der Waals surface area contributed by atoms with Crippen LogP contribution in [0.5, 0.6) is 0 Å². The fraction of sp³-hybridized carbons (Fsp3) is 0.278. The van der Waals surface area contributed by atoms with E-state index in [9.17, 15) is 5.11 Å². The predicted molar refractivity (Wildman–Crippen MR) is 86.6 cm³/mol. The number of nitrogens with zero attached hydrogens (tertiary/aromatic N) is 2. The van der Waals surface area contributed by atoms with Gasteiger partial charge in [0.05, 0.1) is 36.9 Å². The van der Waals surface area contributed by atoms with Gasteiger partial charge in [0.1, 0.15) is 5.82 Å². The largest absolute Gasteiger partial charge is 0.389 e. The number of benzene rings is 2. The number of fused-ring (bicyclic) bond motifs is 1. The Morgan fingerprint density at radius 3 is 2.64 bits per heavy atom. The highest BCUT2D eigenvalue weighted by Gasteiger charge is 2.11. The van der Waals surface area contributed by atoms with Gasteiger partial charge in [-0.15, -0.1) is 0 Å². The maximum absolute atomic E-state index is 10.2. The molecule has 0 aliphatic rings. The SMILES string of the molecule is Cc1nc2ccccc2n1C[C@H](O)COCc1ccccc1. The zero-order valence-corrected chi connectivity index (χ0v) is 12.6. The van der Waals surface area contributed by atoms with E-state index in [4.69, 9.17) is 4.74 Å². The van der Waals surface area contributed by atoms with Crippen LogP contribution < -0.4 is 0 Å². The van der Waals surface area contributed by atoms with Crippen LogP contribution in [-0.4, -0.2) is 27.4 Å². The van der Waals surface area contributed by atoms with Gasteiger partial charge >= 0.3 is 0 Å². The molecule has 0 aliphatic heterocycles. The Hall–Kier alpha value is -2.17. The van der Waals surface area contributed by atoms with E-state index in [1.807, 2.05) is 66.1 Å². The molecule has 114 valence electrons. The average Bonchev–Trinajstić information content (AvgIpc) is 2.84. The van der Waals surface area contributed by atoms with E-state index in [1.165, 1.54) is 0 Å². The van der Waals surface area contributed by atoms with Crippen LogP contribution >= 0.6 is 0 Å². The predicted octanol–water partition coefficient (Wildman–Crippen LogP) is 2.92. The van der Waals surface area contributed by atoms with E-state index in [0.717, 1.165) is 22.4 Å². The van der Waals surface area contributed by atoms with E-state index in [1.54, 1.807) is 0 Å². The second-order valence-corrected chi connectivity index (χ2v) is 5.41. The van der Waals surface area contributed by atoms with Crippen LogP contribution in [0.1, 0.15) is 11.4 Å². The van der Waals surface area contributed by atoms with Crippen molar-refractivity contribution in [3.8, 4) is 0 Å². The van der Waals surface area contributed by atoms with Crippen LogP contribution in [0.2, 0.25) is 0 Å². The Morgan fingerprint density at radius 1 is 1.09 bits per heavy atom. The van der Waals surface area contributed by atoms with Crippen molar-refractivity contribution in [3.63, 3.8) is 0 Å². The number of aromatic nitrogens is 2. The second-order valence-electron chi connectivity index (χ2n) is 5.41. The van der Waals surface area contributed by atoms with Gasteiger partial charge in [0, 0.05) is 0 Å². The number of hydrogen-bond acceptors (Lipinski definition) is 3. The van der Waals surface area contributed by atoms with Gasteiger partial charge in [-0.2, -0.15) is 0 Å². The van der Waals surface area contributed by atoms with Crippen LogP contribution in [0.25, 0.3) is 11.0 Å². The fourth-order valence-corrected chi connectivity index (χ4v) is 2.58. The third-order valence-electron chi connectivity index (χ3n) is 3.66. The highest BCUT2D eigenvalue weighted by Crippen LogP contribution is 2.16.